The Morgan fingerprint density at radius 1 is 1.37 bits per heavy atom. The number of imidazole rings is 1. The van der Waals surface area contributed by atoms with Crippen LogP contribution >= 0.6 is 23.2 Å². The number of hydrogen-bond donors (Lipinski definition) is 1. The van der Waals surface area contributed by atoms with Gasteiger partial charge in [0.25, 0.3) is 0 Å². The molecular weight excluding hydrogens is 292 g/mol. The third-order valence-electron chi connectivity index (χ3n) is 2.49. The first-order valence-electron chi connectivity index (χ1n) is 5.53. The van der Waals surface area contributed by atoms with Crippen LogP contribution < -0.4 is 5.32 Å². The predicted octanol–water partition coefficient (Wildman–Crippen LogP) is 3.72. The van der Waals surface area contributed by atoms with Crippen LogP contribution in [0.3, 0.4) is 0 Å². The zero-order chi connectivity index (χ0) is 13.8. The molecule has 0 aliphatic heterocycles. The summed E-state index contributed by atoms with van der Waals surface area (Å²) in [5, 5.41) is 2.96. The SMILES string of the molecule is COCCn1ccnc1Nc1cc(Cl)c(F)c(Cl)c1. The smallest absolute Gasteiger partial charge is 0.207 e. The van der Waals surface area contributed by atoms with Gasteiger partial charge in [0.15, 0.2) is 5.82 Å². The van der Waals surface area contributed by atoms with Crippen LogP contribution in [-0.4, -0.2) is 23.3 Å². The molecule has 0 aliphatic carbocycles. The summed E-state index contributed by atoms with van der Waals surface area (Å²) in [6.07, 6.45) is 3.47. The van der Waals surface area contributed by atoms with Crippen LogP contribution in [0.2, 0.25) is 10.0 Å². The van der Waals surface area contributed by atoms with Crippen molar-refractivity contribution in [3.05, 3.63) is 40.4 Å². The molecule has 2 rings (SSSR count). The van der Waals surface area contributed by atoms with Crippen LogP contribution in [0.15, 0.2) is 24.5 Å². The van der Waals surface area contributed by atoms with Gasteiger partial charge in [-0.2, -0.15) is 0 Å². The Balaban J connectivity index is 2.19. The summed E-state index contributed by atoms with van der Waals surface area (Å²) >= 11 is 11.5. The van der Waals surface area contributed by atoms with Gasteiger partial charge in [0.1, 0.15) is 0 Å². The fourth-order valence-electron chi connectivity index (χ4n) is 1.56. The zero-order valence-corrected chi connectivity index (χ0v) is 11.7. The Morgan fingerprint density at radius 2 is 2.05 bits per heavy atom. The predicted molar refractivity (Wildman–Crippen MR) is 73.8 cm³/mol. The molecule has 1 aromatic carbocycles. The summed E-state index contributed by atoms with van der Waals surface area (Å²) in [7, 11) is 1.63. The molecule has 19 heavy (non-hydrogen) atoms. The molecule has 0 amide bonds. The third kappa shape index (κ3) is 3.37. The first-order valence-corrected chi connectivity index (χ1v) is 6.29. The quantitative estimate of drug-likeness (QED) is 0.856. The highest BCUT2D eigenvalue weighted by Crippen LogP contribution is 2.28. The number of nitrogens with zero attached hydrogens (tertiary/aromatic N) is 2. The maximum Gasteiger partial charge on any atom is 0.207 e. The van der Waals surface area contributed by atoms with E-state index < -0.39 is 5.82 Å². The molecule has 0 saturated carbocycles. The molecule has 0 saturated heterocycles. The van der Waals surface area contributed by atoms with Crippen LogP contribution in [-0.2, 0) is 11.3 Å². The van der Waals surface area contributed by atoms with Gasteiger partial charge in [-0.25, -0.2) is 9.37 Å². The van der Waals surface area contributed by atoms with Crippen molar-refractivity contribution in [2.24, 2.45) is 0 Å². The van der Waals surface area contributed by atoms with Crippen molar-refractivity contribution in [2.45, 2.75) is 6.54 Å². The lowest BCUT2D eigenvalue weighted by Crippen LogP contribution is -2.07. The summed E-state index contributed by atoms with van der Waals surface area (Å²) < 4.78 is 20.2. The van der Waals surface area contributed by atoms with E-state index >= 15 is 0 Å². The Kier molecular flexibility index (Phi) is 4.63. The van der Waals surface area contributed by atoms with Gasteiger partial charge in [0.2, 0.25) is 5.95 Å². The summed E-state index contributed by atoms with van der Waals surface area (Å²) in [5.74, 6) is -0.0209. The minimum Gasteiger partial charge on any atom is -0.383 e. The maximum atomic E-state index is 13.3. The number of anilines is 2. The third-order valence-corrected chi connectivity index (χ3v) is 3.04. The topological polar surface area (TPSA) is 39.1 Å². The molecule has 1 N–H and O–H groups in total. The zero-order valence-electron chi connectivity index (χ0n) is 10.2. The van der Waals surface area contributed by atoms with Crippen molar-refractivity contribution < 1.29 is 9.13 Å². The van der Waals surface area contributed by atoms with Crippen LogP contribution in [0.4, 0.5) is 16.0 Å². The number of rotatable bonds is 5. The molecule has 102 valence electrons. The van der Waals surface area contributed by atoms with Crippen LogP contribution in [0, 0.1) is 5.82 Å². The molecule has 0 fully saturated rings. The number of methoxy groups -OCH3 is 1. The average Bonchev–Trinajstić information content (AvgIpc) is 2.80. The maximum absolute atomic E-state index is 13.3. The Hall–Kier alpha value is -1.30. The van der Waals surface area contributed by atoms with E-state index in [9.17, 15) is 4.39 Å². The van der Waals surface area contributed by atoms with Crippen LogP contribution in [0.1, 0.15) is 0 Å². The van der Waals surface area contributed by atoms with E-state index in [1.54, 1.807) is 13.3 Å². The Labute approximate surface area is 120 Å². The van der Waals surface area contributed by atoms with Crippen LogP contribution in [0.25, 0.3) is 0 Å². The number of nitrogens with one attached hydrogen (secondary N) is 1. The molecule has 0 bridgehead atoms. The lowest BCUT2D eigenvalue weighted by molar-refractivity contribution is 0.188. The number of hydrogen-bond acceptors (Lipinski definition) is 3. The Morgan fingerprint density at radius 3 is 2.68 bits per heavy atom. The van der Waals surface area contributed by atoms with E-state index in [1.807, 2.05) is 10.8 Å². The lowest BCUT2D eigenvalue weighted by Gasteiger charge is -2.10. The van der Waals surface area contributed by atoms with Crippen molar-refractivity contribution in [1.82, 2.24) is 9.55 Å². The fraction of sp³-hybridized carbons (Fsp3) is 0.250. The molecule has 0 atom stereocenters. The molecule has 1 aromatic heterocycles. The van der Waals surface area contributed by atoms with Crippen LogP contribution in [0.5, 0.6) is 0 Å². The van der Waals surface area contributed by atoms with Crippen molar-refractivity contribution in [1.29, 1.82) is 0 Å². The van der Waals surface area contributed by atoms with Crippen molar-refractivity contribution in [3.8, 4) is 0 Å². The van der Waals surface area contributed by atoms with Gasteiger partial charge >= 0.3 is 0 Å². The molecule has 1 heterocycles. The minimum atomic E-state index is -0.628. The molecule has 0 aliphatic rings. The van der Waals surface area contributed by atoms with E-state index in [1.165, 1.54) is 12.1 Å². The number of benzene rings is 1. The van der Waals surface area contributed by atoms with Crippen molar-refractivity contribution >= 4 is 34.8 Å². The summed E-state index contributed by atoms with van der Waals surface area (Å²) in [5.41, 5.74) is 0.571. The van der Waals surface area contributed by atoms with E-state index in [0.717, 1.165) is 0 Å². The van der Waals surface area contributed by atoms with Crippen molar-refractivity contribution in [2.75, 3.05) is 19.0 Å². The normalized spacial score (nSPS) is 10.7. The number of halogens is 3. The lowest BCUT2D eigenvalue weighted by atomic mass is 10.3. The van der Waals surface area contributed by atoms with E-state index in [2.05, 4.69) is 10.3 Å². The van der Waals surface area contributed by atoms with E-state index in [0.29, 0.717) is 24.8 Å². The summed E-state index contributed by atoms with van der Waals surface area (Å²) in [4.78, 5) is 4.16. The first-order chi connectivity index (χ1) is 9.11. The monoisotopic (exact) mass is 303 g/mol. The summed E-state index contributed by atoms with van der Waals surface area (Å²) in [6.45, 7) is 1.22. The Bertz CT molecular complexity index is 551. The second-order valence-corrected chi connectivity index (χ2v) is 4.63. The van der Waals surface area contributed by atoms with Gasteiger partial charge in [-0.05, 0) is 12.1 Å². The number of aromatic nitrogens is 2. The standard InChI is InChI=1S/C12H12Cl2FN3O/c1-19-5-4-18-3-2-16-12(18)17-8-6-9(13)11(15)10(14)7-8/h2-3,6-7H,4-5H2,1H3,(H,16,17). The largest absolute Gasteiger partial charge is 0.383 e. The molecule has 0 unspecified atom stereocenters. The molecule has 0 spiro atoms. The fourth-order valence-corrected chi connectivity index (χ4v) is 2.05. The molecule has 7 heteroatoms. The molecule has 4 nitrogen and oxygen atoms in total. The van der Waals surface area contributed by atoms with E-state index in [-0.39, 0.29) is 10.0 Å². The highest BCUT2D eigenvalue weighted by atomic mass is 35.5. The van der Waals surface area contributed by atoms with Gasteiger partial charge in [0, 0.05) is 31.7 Å². The molecule has 2 aromatic rings. The van der Waals surface area contributed by atoms with Gasteiger partial charge in [-0.3, -0.25) is 0 Å². The first kappa shape index (κ1) is 14.1. The van der Waals surface area contributed by atoms with Gasteiger partial charge < -0.3 is 14.6 Å². The molecular formula is C12H12Cl2FN3O. The van der Waals surface area contributed by atoms with Crippen molar-refractivity contribution in [3.63, 3.8) is 0 Å². The van der Waals surface area contributed by atoms with Gasteiger partial charge in [-0.1, -0.05) is 23.2 Å². The second-order valence-electron chi connectivity index (χ2n) is 3.82. The average molecular weight is 304 g/mol. The molecule has 0 radical (unpaired) electrons. The summed E-state index contributed by atoms with van der Waals surface area (Å²) in [6, 6.07) is 2.91. The second kappa shape index (κ2) is 6.23. The highest BCUT2D eigenvalue weighted by molar-refractivity contribution is 6.35. The van der Waals surface area contributed by atoms with E-state index in [4.69, 9.17) is 27.9 Å². The highest BCUT2D eigenvalue weighted by Gasteiger charge is 2.09. The van der Waals surface area contributed by atoms with Gasteiger partial charge in [-0.15, -0.1) is 0 Å². The minimum absolute atomic E-state index is 0.0370. The van der Waals surface area contributed by atoms with Gasteiger partial charge in [0.05, 0.1) is 16.7 Å². The number of ether oxygens (including phenoxy) is 1.